The third-order valence-corrected chi connectivity index (χ3v) is 13.7. The first kappa shape index (κ1) is 38.0. The summed E-state index contributed by atoms with van der Waals surface area (Å²) in [7, 11) is 0. The largest absolute Gasteiger partial charge is 0.192 e. The molecule has 0 amide bonds. The number of thiophene rings is 4. The average molecular weight is 721 g/mol. The van der Waals surface area contributed by atoms with E-state index in [1.165, 1.54) is 64.5 Å². The molecule has 0 spiro atoms. The van der Waals surface area contributed by atoms with Crippen molar-refractivity contribution in [2.24, 2.45) is 0 Å². The zero-order chi connectivity index (χ0) is 34.8. The molecule has 4 rings (SSSR count). The van der Waals surface area contributed by atoms with Crippen LogP contribution < -0.4 is 0 Å². The number of unbranched alkanes of at least 4 members (excludes halogenated alkanes) is 11. The van der Waals surface area contributed by atoms with Crippen molar-refractivity contribution >= 4 is 56.5 Å². The van der Waals surface area contributed by atoms with Crippen LogP contribution in [0, 0.1) is 45.3 Å². The molecule has 0 radical (unpaired) electrons. The van der Waals surface area contributed by atoms with E-state index >= 15 is 0 Å². The van der Waals surface area contributed by atoms with Crippen molar-refractivity contribution in [3.8, 4) is 53.5 Å². The third kappa shape index (κ3) is 10.9. The van der Waals surface area contributed by atoms with E-state index in [0.29, 0.717) is 0 Å². The van der Waals surface area contributed by atoms with Crippen molar-refractivity contribution in [1.82, 2.24) is 0 Å². The van der Waals surface area contributed by atoms with Gasteiger partial charge in [0.05, 0.1) is 0 Å². The lowest BCUT2D eigenvalue weighted by molar-refractivity contribution is 0.567. The minimum atomic E-state index is 0.224. The molecular formula is C41H44N4S4. The van der Waals surface area contributed by atoms with Crippen molar-refractivity contribution in [2.75, 3.05) is 0 Å². The summed E-state index contributed by atoms with van der Waals surface area (Å²) in [5, 5.41) is 38.7. The maximum atomic E-state index is 9.72. The highest BCUT2D eigenvalue weighted by Gasteiger charge is 2.17. The van der Waals surface area contributed by atoms with Gasteiger partial charge >= 0.3 is 0 Å². The fourth-order valence-corrected chi connectivity index (χ4v) is 10.3. The lowest BCUT2D eigenvalue weighted by Crippen LogP contribution is -1.88. The molecule has 4 aromatic heterocycles. The van der Waals surface area contributed by atoms with Gasteiger partial charge in [0.15, 0.2) is 0 Å². The Morgan fingerprint density at radius 1 is 0.408 bits per heavy atom. The van der Waals surface area contributed by atoms with Gasteiger partial charge in [0, 0.05) is 39.0 Å². The maximum absolute atomic E-state index is 9.72. The van der Waals surface area contributed by atoms with E-state index in [-0.39, 0.29) is 11.1 Å². The molecule has 4 heterocycles. The molecule has 0 aromatic carbocycles. The molecule has 49 heavy (non-hydrogen) atoms. The first-order chi connectivity index (χ1) is 24.1. The van der Waals surface area contributed by atoms with E-state index < -0.39 is 0 Å². The Kier molecular flexibility index (Phi) is 16.1. The van der Waals surface area contributed by atoms with Crippen LogP contribution in [0.15, 0.2) is 59.7 Å². The molecule has 0 unspecified atom stereocenters. The molecule has 0 saturated carbocycles. The highest BCUT2D eigenvalue weighted by Crippen LogP contribution is 2.45. The van der Waals surface area contributed by atoms with Crippen LogP contribution in [0.5, 0.6) is 0 Å². The van der Waals surface area contributed by atoms with Crippen LogP contribution in [-0.4, -0.2) is 0 Å². The van der Waals surface area contributed by atoms with Gasteiger partial charge in [0.25, 0.3) is 0 Å². The topological polar surface area (TPSA) is 95.2 Å². The fraction of sp³-hybridized carbons (Fsp3) is 0.415. The number of hydrogen-bond acceptors (Lipinski definition) is 8. The molecule has 0 saturated heterocycles. The summed E-state index contributed by atoms with van der Waals surface area (Å²) >= 11 is 6.84. The van der Waals surface area contributed by atoms with Crippen LogP contribution in [0.25, 0.3) is 40.4 Å². The summed E-state index contributed by atoms with van der Waals surface area (Å²) in [4.78, 5) is 9.07. The second kappa shape index (κ2) is 20.7. The molecule has 0 aliphatic heterocycles. The molecule has 4 nitrogen and oxygen atoms in total. The molecule has 0 N–H and O–H groups in total. The quantitative estimate of drug-likeness (QED) is 0.0670. The first-order valence-electron chi connectivity index (χ1n) is 17.5. The van der Waals surface area contributed by atoms with E-state index in [9.17, 15) is 21.0 Å². The number of nitrogens with zero attached hydrogens (tertiary/aromatic N) is 4. The van der Waals surface area contributed by atoms with Crippen LogP contribution >= 0.6 is 45.3 Å². The molecule has 0 atom stereocenters. The van der Waals surface area contributed by atoms with Gasteiger partial charge in [-0.25, -0.2) is 0 Å². The van der Waals surface area contributed by atoms with Crippen molar-refractivity contribution in [3.63, 3.8) is 0 Å². The van der Waals surface area contributed by atoms with Gasteiger partial charge in [-0.15, -0.1) is 45.3 Å². The Balaban J connectivity index is 1.43. The number of nitriles is 4. The van der Waals surface area contributed by atoms with Crippen LogP contribution in [0.1, 0.15) is 120 Å². The summed E-state index contributed by atoms with van der Waals surface area (Å²) in [6, 6.07) is 25.6. The van der Waals surface area contributed by atoms with Gasteiger partial charge in [0.2, 0.25) is 0 Å². The third-order valence-electron chi connectivity index (χ3n) is 8.61. The van der Waals surface area contributed by atoms with Crippen molar-refractivity contribution in [2.45, 2.75) is 110 Å². The van der Waals surface area contributed by atoms with Crippen LogP contribution in [-0.2, 0) is 0 Å². The summed E-state index contributed by atoms with van der Waals surface area (Å²) < 4.78 is 0. The second-order valence-corrected chi connectivity index (χ2v) is 16.5. The van der Waals surface area contributed by atoms with E-state index in [1.54, 1.807) is 45.3 Å². The Morgan fingerprint density at radius 2 is 0.694 bits per heavy atom. The van der Waals surface area contributed by atoms with Gasteiger partial charge in [-0.2, -0.15) is 21.0 Å². The highest BCUT2D eigenvalue weighted by atomic mass is 32.1. The summed E-state index contributed by atoms with van der Waals surface area (Å²) in [5.41, 5.74) is 2.21. The van der Waals surface area contributed by atoms with E-state index in [4.69, 9.17) is 0 Å². The summed E-state index contributed by atoms with van der Waals surface area (Å²) in [5.74, 6) is 0. The summed E-state index contributed by atoms with van der Waals surface area (Å²) in [6.07, 6.45) is 17.1. The van der Waals surface area contributed by atoms with Gasteiger partial charge in [-0.05, 0) is 85.4 Å². The van der Waals surface area contributed by atoms with E-state index in [1.807, 2.05) is 0 Å². The zero-order valence-electron chi connectivity index (χ0n) is 28.6. The Bertz CT molecular complexity index is 1850. The van der Waals surface area contributed by atoms with Gasteiger partial charge in [-0.3, -0.25) is 0 Å². The molecule has 0 aliphatic carbocycles. The number of rotatable bonds is 20. The minimum absolute atomic E-state index is 0.224. The zero-order valence-corrected chi connectivity index (χ0v) is 31.9. The lowest BCUT2D eigenvalue weighted by atomic mass is 10.00. The molecule has 0 fully saturated rings. The normalized spacial score (nSPS) is 10.6. The van der Waals surface area contributed by atoms with Crippen LogP contribution in [0.4, 0.5) is 0 Å². The van der Waals surface area contributed by atoms with E-state index in [0.717, 1.165) is 82.0 Å². The van der Waals surface area contributed by atoms with Gasteiger partial charge in [0.1, 0.15) is 35.4 Å². The molecule has 8 heteroatoms. The average Bonchev–Trinajstić information content (AvgIpc) is 3.95. The molecular weight excluding hydrogens is 677 g/mol. The Labute approximate surface area is 308 Å². The van der Waals surface area contributed by atoms with Crippen molar-refractivity contribution < 1.29 is 0 Å². The SMILES string of the molecule is CCCCCCCCCCCC(=C(C#N)C#N)c1ccc(-c2ccc(-c3ccc(-c4ccc(C(CCCCCC)=C(C#N)C#N)s4)s3)s2)s1. The Morgan fingerprint density at radius 3 is 1.04 bits per heavy atom. The standard InChI is InChI=1S/C41H44N4S4/c1-3-5-7-9-10-11-12-13-15-17-33(31(28-44)29-45)35-19-21-37(47-35)39-23-25-41(49-39)40-24-22-38(48-40)36-20-18-34(46-36)32(30(26-42)27-43)16-14-8-6-4-2/h18-25H,3-17H2,1-2H3. The predicted octanol–water partition coefficient (Wildman–Crippen LogP) is 14.4. The van der Waals surface area contributed by atoms with Gasteiger partial charge in [-0.1, -0.05) is 84.5 Å². The van der Waals surface area contributed by atoms with Crippen LogP contribution in [0.3, 0.4) is 0 Å². The number of allylic oxidation sites excluding steroid dienone is 4. The van der Waals surface area contributed by atoms with E-state index in [2.05, 4.69) is 86.7 Å². The highest BCUT2D eigenvalue weighted by molar-refractivity contribution is 7.28. The molecule has 0 aliphatic rings. The maximum Gasteiger partial charge on any atom is 0.134 e. The fourth-order valence-electron chi connectivity index (χ4n) is 5.87. The van der Waals surface area contributed by atoms with Crippen LogP contribution in [0.2, 0.25) is 0 Å². The lowest BCUT2D eigenvalue weighted by Gasteiger charge is -2.06. The van der Waals surface area contributed by atoms with Crippen molar-refractivity contribution in [3.05, 3.63) is 69.4 Å². The van der Waals surface area contributed by atoms with Crippen molar-refractivity contribution in [1.29, 1.82) is 21.0 Å². The molecule has 252 valence electrons. The van der Waals surface area contributed by atoms with Gasteiger partial charge < -0.3 is 0 Å². The number of hydrogen-bond donors (Lipinski definition) is 0. The monoisotopic (exact) mass is 720 g/mol. The predicted molar refractivity (Wildman–Crippen MR) is 211 cm³/mol. The first-order valence-corrected chi connectivity index (χ1v) is 20.8. The smallest absolute Gasteiger partial charge is 0.134 e. The summed E-state index contributed by atoms with van der Waals surface area (Å²) in [6.45, 7) is 4.43. The second-order valence-electron chi connectivity index (χ2n) is 12.2. The molecule has 0 bridgehead atoms. The Hall–Kier alpha value is -3.76. The molecule has 4 aromatic rings. The minimum Gasteiger partial charge on any atom is -0.192 e.